The largest absolute Gasteiger partial charge is 0.486 e. The van der Waals surface area contributed by atoms with Crippen LogP contribution in [0, 0.1) is 25.2 Å². The normalized spacial score (nSPS) is 10.9. The molecular weight excluding hydrogens is 383 g/mol. The number of halogens is 2. The summed E-state index contributed by atoms with van der Waals surface area (Å²) < 4.78 is 5.40. The molecule has 0 aliphatic rings. The quantitative estimate of drug-likeness (QED) is 0.383. The van der Waals surface area contributed by atoms with Gasteiger partial charge in [0.2, 0.25) is 0 Å². The van der Waals surface area contributed by atoms with Crippen LogP contribution >= 0.6 is 23.2 Å². The molecule has 0 aliphatic heterocycles. The molecule has 1 amide bonds. The Morgan fingerprint density at radius 2 is 1.89 bits per heavy atom. The van der Waals surface area contributed by atoms with Crippen molar-refractivity contribution in [2.24, 2.45) is 0 Å². The maximum absolute atomic E-state index is 12.4. The molecule has 0 fully saturated rings. The van der Waals surface area contributed by atoms with Crippen LogP contribution in [-0.4, -0.2) is 12.5 Å². The van der Waals surface area contributed by atoms with E-state index in [2.05, 4.69) is 11.9 Å². The Bertz CT molecular complexity index is 936. The van der Waals surface area contributed by atoms with E-state index in [4.69, 9.17) is 27.9 Å². The van der Waals surface area contributed by atoms with Gasteiger partial charge in [-0.05, 0) is 60.9 Å². The highest BCUT2D eigenvalue weighted by atomic mass is 35.5. The maximum atomic E-state index is 12.4. The smallest absolute Gasteiger partial charge is 0.266 e. The second kappa shape index (κ2) is 9.27. The van der Waals surface area contributed by atoms with Gasteiger partial charge in [0.05, 0.1) is 10.0 Å². The van der Waals surface area contributed by atoms with Crippen molar-refractivity contribution in [3.63, 3.8) is 0 Å². The average molecular weight is 401 g/mol. The van der Waals surface area contributed by atoms with Crippen molar-refractivity contribution < 1.29 is 9.53 Å². The molecule has 2 aromatic rings. The molecule has 0 saturated heterocycles. The maximum Gasteiger partial charge on any atom is 0.266 e. The number of carbonyl (C=O) groups is 1. The second-order valence-corrected chi connectivity index (χ2v) is 6.65. The Hall–Kier alpha value is -2.74. The first-order valence-corrected chi connectivity index (χ1v) is 8.84. The lowest BCUT2D eigenvalue weighted by Crippen LogP contribution is -2.13. The summed E-state index contributed by atoms with van der Waals surface area (Å²) in [7, 11) is 0. The summed E-state index contributed by atoms with van der Waals surface area (Å²) in [5, 5.41) is 12.6. The van der Waals surface area contributed by atoms with Crippen LogP contribution in [0.15, 0.2) is 48.6 Å². The number of nitrogens with zero attached hydrogens (tertiary/aromatic N) is 1. The van der Waals surface area contributed by atoms with Crippen LogP contribution in [-0.2, 0) is 4.79 Å². The van der Waals surface area contributed by atoms with Crippen molar-refractivity contribution in [2.45, 2.75) is 13.8 Å². The Morgan fingerprint density at radius 1 is 1.22 bits per heavy atom. The van der Waals surface area contributed by atoms with Crippen LogP contribution in [0.1, 0.15) is 16.7 Å². The molecule has 27 heavy (non-hydrogen) atoms. The minimum atomic E-state index is -0.514. The molecule has 2 rings (SSSR count). The minimum Gasteiger partial charge on any atom is -0.486 e. The summed E-state index contributed by atoms with van der Waals surface area (Å²) in [5.74, 6) is -0.187. The van der Waals surface area contributed by atoms with Gasteiger partial charge in [0, 0.05) is 5.69 Å². The average Bonchev–Trinajstić information content (AvgIpc) is 2.62. The van der Waals surface area contributed by atoms with Crippen molar-refractivity contribution in [2.75, 3.05) is 11.9 Å². The van der Waals surface area contributed by atoms with Crippen LogP contribution < -0.4 is 10.1 Å². The minimum absolute atomic E-state index is 0.0693. The topological polar surface area (TPSA) is 62.1 Å². The van der Waals surface area contributed by atoms with Crippen LogP contribution in [0.5, 0.6) is 5.75 Å². The lowest BCUT2D eigenvalue weighted by atomic mass is 10.1. The van der Waals surface area contributed by atoms with Crippen LogP contribution in [0.25, 0.3) is 6.08 Å². The van der Waals surface area contributed by atoms with Crippen LogP contribution in [0.2, 0.25) is 10.0 Å². The number of nitriles is 1. The van der Waals surface area contributed by atoms with Gasteiger partial charge in [0.1, 0.15) is 18.2 Å². The third-order valence-corrected chi connectivity index (χ3v) is 4.37. The van der Waals surface area contributed by atoms with Gasteiger partial charge in [-0.25, -0.2) is 0 Å². The van der Waals surface area contributed by atoms with E-state index in [0.29, 0.717) is 17.0 Å². The monoisotopic (exact) mass is 400 g/mol. The summed E-state index contributed by atoms with van der Waals surface area (Å²) in [6.45, 7) is 7.76. The summed E-state index contributed by atoms with van der Waals surface area (Å²) >= 11 is 12.4. The van der Waals surface area contributed by atoms with Crippen LogP contribution in [0.3, 0.4) is 0 Å². The highest BCUT2D eigenvalue weighted by Crippen LogP contribution is 2.35. The number of nitrogens with one attached hydrogen (secondary N) is 1. The van der Waals surface area contributed by atoms with E-state index in [9.17, 15) is 10.1 Å². The highest BCUT2D eigenvalue weighted by Gasteiger charge is 2.13. The van der Waals surface area contributed by atoms with Gasteiger partial charge in [-0.1, -0.05) is 41.9 Å². The molecule has 138 valence electrons. The Kier molecular flexibility index (Phi) is 7.06. The fourth-order valence-corrected chi connectivity index (χ4v) is 2.89. The van der Waals surface area contributed by atoms with Gasteiger partial charge in [-0.2, -0.15) is 5.26 Å². The lowest BCUT2D eigenvalue weighted by molar-refractivity contribution is -0.112. The third kappa shape index (κ3) is 5.37. The molecule has 0 atom stereocenters. The summed E-state index contributed by atoms with van der Waals surface area (Å²) in [5.41, 5.74) is 3.23. The summed E-state index contributed by atoms with van der Waals surface area (Å²) in [4.78, 5) is 12.4. The number of benzene rings is 2. The predicted octanol–water partition coefficient (Wildman–Crippen LogP) is 5.72. The van der Waals surface area contributed by atoms with Gasteiger partial charge in [0.15, 0.2) is 5.75 Å². The molecule has 4 nitrogen and oxygen atoms in total. The van der Waals surface area contributed by atoms with E-state index in [1.54, 1.807) is 24.3 Å². The zero-order valence-electron chi connectivity index (χ0n) is 15.0. The number of aryl methyl sites for hydroxylation is 2. The second-order valence-electron chi connectivity index (χ2n) is 5.84. The van der Waals surface area contributed by atoms with Crippen LogP contribution in [0.4, 0.5) is 5.69 Å². The van der Waals surface area contributed by atoms with Crippen molar-refractivity contribution in [1.29, 1.82) is 5.26 Å². The Labute approximate surface area is 168 Å². The standard InChI is InChI=1S/C21H18Cl2N2O2/c1-4-7-27-20-18(22)10-15(11-19(20)23)9-16(12-24)21(26)25-17-6-5-13(2)14(3)8-17/h4-6,8-11H,1,7H2,2-3H3,(H,25,26)/b16-9+. The molecule has 0 heterocycles. The first-order chi connectivity index (χ1) is 12.8. The number of ether oxygens (including phenoxy) is 1. The molecule has 0 saturated carbocycles. The zero-order chi connectivity index (χ0) is 20.0. The van der Waals surface area contributed by atoms with E-state index in [-0.39, 0.29) is 22.2 Å². The van der Waals surface area contributed by atoms with Crippen molar-refractivity contribution >= 4 is 40.9 Å². The lowest BCUT2D eigenvalue weighted by Gasteiger charge is -2.10. The highest BCUT2D eigenvalue weighted by molar-refractivity contribution is 6.37. The molecule has 0 unspecified atom stereocenters. The first-order valence-electron chi connectivity index (χ1n) is 8.09. The zero-order valence-corrected chi connectivity index (χ0v) is 16.5. The van der Waals surface area contributed by atoms with Crippen molar-refractivity contribution in [3.05, 3.63) is 75.3 Å². The fraction of sp³-hybridized carbons (Fsp3) is 0.143. The van der Waals surface area contributed by atoms with Gasteiger partial charge < -0.3 is 10.1 Å². The molecule has 0 radical (unpaired) electrons. The van der Waals surface area contributed by atoms with Gasteiger partial charge >= 0.3 is 0 Å². The Morgan fingerprint density at radius 3 is 2.44 bits per heavy atom. The molecular formula is C21H18Cl2N2O2. The number of carbonyl (C=O) groups excluding carboxylic acids is 1. The molecule has 1 N–H and O–H groups in total. The predicted molar refractivity (Wildman–Crippen MR) is 110 cm³/mol. The molecule has 0 aromatic heterocycles. The van der Waals surface area contributed by atoms with E-state index in [0.717, 1.165) is 11.1 Å². The SMILES string of the molecule is C=CCOc1c(Cl)cc(/C=C(\C#N)C(=O)Nc2ccc(C)c(C)c2)cc1Cl. The van der Waals surface area contributed by atoms with E-state index in [1.165, 1.54) is 6.08 Å². The number of rotatable bonds is 6. The number of anilines is 1. The van der Waals surface area contributed by atoms with Gasteiger partial charge in [-0.3, -0.25) is 4.79 Å². The Balaban J connectivity index is 2.26. The van der Waals surface area contributed by atoms with Gasteiger partial charge in [0.25, 0.3) is 5.91 Å². The molecule has 0 aliphatic carbocycles. The van der Waals surface area contributed by atoms with Crippen molar-refractivity contribution in [3.8, 4) is 11.8 Å². The number of amides is 1. The summed E-state index contributed by atoms with van der Waals surface area (Å²) in [6, 6.07) is 10.6. The number of hydrogen-bond acceptors (Lipinski definition) is 3. The summed E-state index contributed by atoms with van der Waals surface area (Å²) in [6.07, 6.45) is 3.00. The first kappa shape index (κ1) is 20.6. The van der Waals surface area contributed by atoms with E-state index < -0.39 is 5.91 Å². The molecule has 0 bridgehead atoms. The third-order valence-electron chi connectivity index (χ3n) is 3.81. The molecule has 0 spiro atoms. The number of hydrogen-bond donors (Lipinski definition) is 1. The molecule has 6 heteroatoms. The van der Waals surface area contributed by atoms with Crippen molar-refractivity contribution in [1.82, 2.24) is 0 Å². The van der Waals surface area contributed by atoms with Gasteiger partial charge in [-0.15, -0.1) is 0 Å². The van der Waals surface area contributed by atoms with E-state index in [1.807, 2.05) is 32.0 Å². The van der Waals surface area contributed by atoms with E-state index >= 15 is 0 Å². The fourth-order valence-electron chi connectivity index (χ4n) is 2.28. The molecule has 2 aromatic carbocycles.